The Labute approximate surface area is 288 Å². The van der Waals surface area contributed by atoms with E-state index in [-0.39, 0.29) is 29.9 Å². The van der Waals surface area contributed by atoms with Crippen molar-refractivity contribution in [2.75, 3.05) is 6.61 Å². The molecule has 0 saturated heterocycles. The first-order chi connectivity index (χ1) is 24.3. The monoisotopic (exact) mass is 673 g/mol. The highest BCUT2D eigenvalue weighted by atomic mass is 16.6. The summed E-state index contributed by atoms with van der Waals surface area (Å²) in [5.74, 6) is -4.77. The summed E-state index contributed by atoms with van der Waals surface area (Å²) in [6.45, 7) is -0.183. The topological polar surface area (TPSA) is 170 Å². The van der Waals surface area contributed by atoms with Crippen LogP contribution in [0.5, 0.6) is 0 Å². The SMILES string of the molecule is NC1=CNC=NC1(NC(=O)c1ccccc1)N[C@@H]1C[C@H](COC(=O)c2ccccc2)[C@@H](OC(=O)c2ccccc2)[C@H]1OC(=O)c1ccccc1. The van der Waals surface area contributed by atoms with Crippen LogP contribution in [0, 0.1) is 5.92 Å². The Morgan fingerprint density at radius 1 is 0.700 bits per heavy atom. The van der Waals surface area contributed by atoms with Crippen molar-refractivity contribution in [3.63, 3.8) is 0 Å². The van der Waals surface area contributed by atoms with Crippen LogP contribution in [0.2, 0.25) is 0 Å². The van der Waals surface area contributed by atoms with Gasteiger partial charge in [-0.3, -0.25) is 10.1 Å². The number of hydrogen-bond donors (Lipinski definition) is 4. The number of carbonyl (C=O) groups excluding carboxylic acids is 4. The van der Waals surface area contributed by atoms with E-state index in [1.54, 1.807) is 121 Å². The number of amides is 1. The average molecular weight is 674 g/mol. The van der Waals surface area contributed by atoms with Gasteiger partial charge in [0.15, 0.2) is 6.10 Å². The highest BCUT2D eigenvalue weighted by molar-refractivity contribution is 5.95. The number of aliphatic imine (C=N–C) groups is 1. The number of nitrogens with zero attached hydrogens (tertiary/aromatic N) is 1. The Bertz CT molecular complexity index is 1870. The molecule has 4 aromatic rings. The summed E-state index contributed by atoms with van der Waals surface area (Å²) in [6.07, 6.45) is 0.729. The molecule has 1 saturated carbocycles. The minimum Gasteiger partial charge on any atom is -0.462 e. The zero-order valence-corrected chi connectivity index (χ0v) is 26.8. The molecule has 5 N–H and O–H groups in total. The third-order valence-corrected chi connectivity index (χ3v) is 8.40. The molecule has 1 heterocycles. The number of ether oxygens (including phenoxy) is 3. The van der Waals surface area contributed by atoms with Gasteiger partial charge in [-0.05, 0) is 55.0 Å². The summed E-state index contributed by atoms with van der Waals surface area (Å²) in [7, 11) is 0. The van der Waals surface area contributed by atoms with E-state index < -0.39 is 53.8 Å². The minimum atomic E-state index is -1.70. The van der Waals surface area contributed by atoms with E-state index in [1.807, 2.05) is 0 Å². The molecule has 5 atom stereocenters. The maximum absolute atomic E-state index is 13.6. The quantitative estimate of drug-likeness (QED) is 0.104. The summed E-state index contributed by atoms with van der Waals surface area (Å²) in [4.78, 5) is 58.1. The molecule has 1 aliphatic carbocycles. The van der Waals surface area contributed by atoms with Crippen molar-refractivity contribution in [2.45, 2.75) is 30.5 Å². The third kappa shape index (κ3) is 7.71. The fraction of sp³-hybridized carbons (Fsp3) is 0.184. The number of nitrogens with one attached hydrogen (secondary N) is 3. The molecular formula is C38H35N5O7. The summed E-state index contributed by atoms with van der Waals surface area (Å²) in [6, 6.07) is 32.9. The summed E-state index contributed by atoms with van der Waals surface area (Å²) in [5, 5.41) is 9.01. The molecule has 4 aromatic carbocycles. The minimum absolute atomic E-state index is 0.106. The van der Waals surface area contributed by atoms with Crippen molar-refractivity contribution < 1.29 is 33.4 Å². The normalized spacial score (nSPS) is 22.4. The predicted octanol–water partition coefficient (Wildman–Crippen LogP) is 3.79. The van der Waals surface area contributed by atoms with Gasteiger partial charge in [0.2, 0.25) is 5.79 Å². The Morgan fingerprint density at radius 3 is 1.70 bits per heavy atom. The van der Waals surface area contributed by atoms with E-state index in [0.717, 1.165) is 0 Å². The second-order valence-corrected chi connectivity index (χ2v) is 11.7. The highest BCUT2D eigenvalue weighted by Crippen LogP contribution is 2.35. The van der Waals surface area contributed by atoms with Gasteiger partial charge < -0.3 is 30.6 Å². The molecule has 1 fully saturated rings. The molecule has 12 nitrogen and oxygen atoms in total. The van der Waals surface area contributed by atoms with Gasteiger partial charge in [0.1, 0.15) is 6.10 Å². The van der Waals surface area contributed by atoms with Crippen molar-refractivity contribution >= 4 is 30.2 Å². The van der Waals surface area contributed by atoms with E-state index in [0.29, 0.717) is 11.1 Å². The molecule has 0 spiro atoms. The van der Waals surface area contributed by atoms with Crippen LogP contribution in [0.1, 0.15) is 47.9 Å². The van der Waals surface area contributed by atoms with Gasteiger partial charge in [-0.25, -0.2) is 19.4 Å². The average Bonchev–Trinajstić information content (AvgIpc) is 3.47. The van der Waals surface area contributed by atoms with Gasteiger partial charge in [0.25, 0.3) is 5.91 Å². The van der Waals surface area contributed by atoms with Crippen LogP contribution >= 0.6 is 0 Å². The molecule has 254 valence electrons. The fourth-order valence-corrected chi connectivity index (χ4v) is 5.88. The first-order valence-corrected chi connectivity index (χ1v) is 16.0. The van der Waals surface area contributed by atoms with Crippen LogP contribution in [-0.4, -0.2) is 60.8 Å². The lowest BCUT2D eigenvalue weighted by Gasteiger charge is -2.38. The van der Waals surface area contributed by atoms with Crippen LogP contribution in [0.25, 0.3) is 0 Å². The van der Waals surface area contributed by atoms with Crippen molar-refractivity contribution in [1.82, 2.24) is 16.0 Å². The number of rotatable bonds is 11. The number of carbonyl (C=O) groups is 4. The van der Waals surface area contributed by atoms with E-state index in [2.05, 4.69) is 20.9 Å². The van der Waals surface area contributed by atoms with Crippen molar-refractivity contribution in [3.05, 3.63) is 155 Å². The van der Waals surface area contributed by atoms with Crippen LogP contribution in [0.3, 0.4) is 0 Å². The highest BCUT2D eigenvalue weighted by Gasteiger charge is 2.52. The summed E-state index contributed by atoms with van der Waals surface area (Å²) in [5.41, 5.74) is 7.84. The smallest absolute Gasteiger partial charge is 0.338 e. The third-order valence-electron chi connectivity index (χ3n) is 8.40. The molecule has 1 amide bonds. The van der Waals surface area contributed by atoms with Crippen LogP contribution in [-0.2, 0) is 14.2 Å². The lowest BCUT2D eigenvalue weighted by molar-refractivity contribution is -0.0486. The van der Waals surface area contributed by atoms with Crippen molar-refractivity contribution in [2.24, 2.45) is 16.6 Å². The standard InChI is InChI=1S/C38H35N5O7/c39-31-22-40-24-41-38(31,43-34(44)25-13-5-1-6-14-25)42-30-21-29(23-48-35(45)26-15-7-2-8-16-26)32(49-36(46)27-17-9-3-10-18-27)33(30)50-37(47)28-19-11-4-12-20-28/h1-20,22,24,29-30,32-33,42H,21,23,39H2,(H,40,41)(H,43,44)/t29-,30-,32-,33+,38?/m1/s1. The molecular weight excluding hydrogens is 638 g/mol. The van der Waals surface area contributed by atoms with Crippen molar-refractivity contribution in [3.8, 4) is 0 Å². The molecule has 1 aliphatic heterocycles. The molecule has 6 rings (SSSR count). The molecule has 0 bridgehead atoms. The Hall–Kier alpha value is -6.27. The maximum atomic E-state index is 13.6. The summed E-state index contributed by atoms with van der Waals surface area (Å²) >= 11 is 0. The Balaban J connectivity index is 1.35. The van der Waals surface area contributed by atoms with Gasteiger partial charge in [0, 0.05) is 17.7 Å². The summed E-state index contributed by atoms with van der Waals surface area (Å²) < 4.78 is 18.0. The first kappa shape index (κ1) is 33.6. The van der Waals surface area contributed by atoms with Crippen LogP contribution < -0.4 is 21.7 Å². The number of hydrogen-bond acceptors (Lipinski definition) is 11. The van der Waals surface area contributed by atoms with E-state index in [1.165, 1.54) is 12.5 Å². The Kier molecular flexibility index (Phi) is 10.3. The number of nitrogens with two attached hydrogens (primary N) is 1. The first-order valence-electron chi connectivity index (χ1n) is 16.0. The zero-order chi connectivity index (χ0) is 34.9. The van der Waals surface area contributed by atoms with Gasteiger partial charge in [-0.1, -0.05) is 72.8 Å². The predicted molar refractivity (Wildman–Crippen MR) is 184 cm³/mol. The molecule has 1 unspecified atom stereocenters. The largest absolute Gasteiger partial charge is 0.462 e. The number of benzene rings is 4. The lowest BCUT2D eigenvalue weighted by Crippen LogP contribution is -2.66. The molecule has 2 aliphatic rings. The Morgan fingerprint density at radius 2 is 1.18 bits per heavy atom. The van der Waals surface area contributed by atoms with E-state index in [9.17, 15) is 19.2 Å². The second kappa shape index (κ2) is 15.3. The van der Waals surface area contributed by atoms with Gasteiger partial charge in [0.05, 0.1) is 41.4 Å². The van der Waals surface area contributed by atoms with E-state index in [4.69, 9.17) is 19.9 Å². The van der Waals surface area contributed by atoms with Crippen LogP contribution in [0.4, 0.5) is 0 Å². The van der Waals surface area contributed by atoms with Gasteiger partial charge >= 0.3 is 17.9 Å². The maximum Gasteiger partial charge on any atom is 0.338 e. The second-order valence-electron chi connectivity index (χ2n) is 11.7. The molecule has 0 aromatic heterocycles. The fourth-order valence-electron chi connectivity index (χ4n) is 5.88. The van der Waals surface area contributed by atoms with E-state index >= 15 is 0 Å². The lowest BCUT2D eigenvalue weighted by atomic mass is 10.1. The molecule has 12 heteroatoms. The van der Waals surface area contributed by atoms with Gasteiger partial charge in [-0.2, -0.15) is 0 Å². The number of esters is 3. The molecule has 50 heavy (non-hydrogen) atoms. The molecule has 0 radical (unpaired) electrons. The van der Waals surface area contributed by atoms with Crippen LogP contribution in [0.15, 0.2) is 138 Å². The van der Waals surface area contributed by atoms with Crippen molar-refractivity contribution in [1.29, 1.82) is 0 Å². The van der Waals surface area contributed by atoms with Gasteiger partial charge in [-0.15, -0.1) is 0 Å². The zero-order valence-electron chi connectivity index (χ0n) is 26.8.